The first kappa shape index (κ1) is 19.9. The van der Waals surface area contributed by atoms with Crippen LogP contribution in [0, 0.1) is 0 Å². The molecule has 1 fully saturated rings. The highest BCUT2D eigenvalue weighted by atomic mass is 16.5. The van der Waals surface area contributed by atoms with Crippen LogP contribution >= 0.6 is 0 Å². The van der Waals surface area contributed by atoms with Gasteiger partial charge in [-0.25, -0.2) is 4.79 Å². The van der Waals surface area contributed by atoms with Gasteiger partial charge in [-0.15, -0.1) is 0 Å². The van der Waals surface area contributed by atoms with E-state index in [0.717, 1.165) is 25.9 Å². The lowest BCUT2D eigenvalue weighted by Crippen LogP contribution is -2.21. The Morgan fingerprint density at radius 2 is 1.86 bits per heavy atom. The SMILES string of the molecule is CCc1ccc(NC(=O)COC(=O)c2ccc(OC[C@H]3CCCO3)cc2)cc1. The zero-order chi connectivity index (χ0) is 19.8. The summed E-state index contributed by atoms with van der Waals surface area (Å²) in [5.41, 5.74) is 2.23. The Hall–Kier alpha value is -2.86. The fraction of sp³-hybridized carbons (Fsp3) is 0.364. The van der Waals surface area contributed by atoms with Gasteiger partial charge < -0.3 is 19.5 Å². The minimum Gasteiger partial charge on any atom is -0.491 e. The maximum absolute atomic E-state index is 12.1. The molecule has 1 atom stereocenters. The van der Waals surface area contributed by atoms with Crippen LogP contribution in [0.4, 0.5) is 5.69 Å². The summed E-state index contributed by atoms with van der Waals surface area (Å²) < 4.78 is 16.2. The summed E-state index contributed by atoms with van der Waals surface area (Å²) in [5, 5.41) is 2.70. The molecule has 0 radical (unpaired) electrons. The number of amides is 1. The molecular formula is C22H25NO5. The van der Waals surface area contributed by atoms with E-state index >= 15 is 0 Å². The molecule has 2 aromatic rings. The first-order valence-electron chi connectivity index (χ1n) is 9.54. The molecule has 6 heteroatoms. The van der Waals surface area contributed by atoms with Crippen LogP contribution in [0.15, 0.2) is 48.5 Å². The van der Waals surface area contributed by atoms with E-state index in [9.17, 15) is 9.59 Å². The molecule has 1 amide bonds. The second kappa shape index (κ2) is 9.90. The Balaban J connectivity index is 1.42. The predicted octanol–water partition coefficient (Wildman–Crippen LogP) is 3.60. The van der Waals surface area contributed by atoms with Crippen molar-refractivity contribution in [1.29, 1.82) is 0 Å². The van der Waals surface area contributed by atoms with Crippen LogP contribution in [0.1, 0.15) is 35.7 Å². The number of carbonyl (C=O) groups is 2. The van der Waals surface area contributed by atoms with Crippen molar-refractivity contribution in [2.24, 2.45) is 0 Å². The lowest BCUT2D eigenvalue weighted by atomic mass is 10.1. The number of anilines is 1. The summed E-state index contributed by atoms with van der Waals surface area (Å²) in [6.07, 6.45) is 3.15. The van der Waals surface area contributed by atoms with Crippen LogP contribution in [0.3, 0.4) is 0 Å². The Kier molecular flexibility index (Phi) is 7.03. The lowest BCUT2D eigenvalue weighted by molar-refractivity contribution is -0.119. The number of hydrogen-bond acceptors (Lipinski definition) is 5. The summed E-state index contributed by atoms with van der Waals surface area (Å²) in [6, 6.07) is 14.2. The van der Waals surface area contributed by atoms with E-state index < -0.39 is 5.97 Å². The van der Waals surface area contributed by atoms with Gasteiger partial charge in [0.2, 0.25) is 0 Å². The van der Waals surface area contributed by atoms with Crippen LogP contribution < -0.4 is 10.1 Å². The zero-order valence-corrected chi connectivity index (χ0v) is 16.0. The second-order valence-corrected chi connectivity index (χ2v) is 6.65. The van der Waals surface area contributed by atoms with E-state index in [1.807, 2.05) is 24.3 Å². The van der Waals surface area contributed by atoms with Crippen LogP contribution in [0.25, 0.3) is 0 Å². The van der Waals surface area contributed by atoms with Gasteiger partial charge in [0.15, 0.2) is 6.61 Å². The van der Waals surface area contributed by atoms with Gasteiger partial charge in [0.25, 0.3) is 5.91 Å². The van der Waals surface area contributed by atoms with Crippen molar-refractivity contribution >= 4 is 17.6 Å². The molecule has 0 aromatic heterocycles. The van der Waals surface area contributed by atoms with Crippen LogP contribution in [0.5, 0.6) is 5.75 Å². The fourth-order valence-electron chi connectivity index (χ4n) is 2.89. The quantitative estimate of drug-likeness (QED) is 0.705. The van der Waals surface area contributed by atoms with E-state index in [-0.39, 0.29) is 18.6 Å². The highest BCUT2D eigenvalue weighted by molar-refractivity contribution is 5.95. The monoisotopic (exact) mass is 383 g/mol. The highest BCUT2D eigenvalue weighted by Gasteiger charge is 2.16. The minimum atomic E-state index is -0.554. The lowest BCUT2D eigenvalue weighted by Gasteiger charge is -2.11. The Labute approximate surface area is 164 Å². The number of benzene rings is 2. The number of nitrogens with one attached hydrogen (secondary N) is 1. The molecular weight excluding hydrogens is 358 g/mol. The fourth-order valence-corrected chi connectivity index (χ4v) is 2.89. The first-order valence-corrected chi connectivity index (χ1v) is 9.54. The average molecular weight is 383 g/mol. The number of carbonyl (C=O) groups excluding carboxylic acids is 2. The molecule has 1 aliphatic heterocycles. The number of rotatable bonds is 8. The molecule has 1 heterocycles. The van der Waals surface area contributed by atoms with Crippen molar-refractivity contribution < 1.29 is 23.8 Å². The number of esters is 1. The Bertz CT molecular complexity index is 780. The number of hydrogen-bond donors (Lipinski definition) is 1. The van der Waals surface area contributed by atoms with Gasteiger partial charge in [-0.05, 0) is 61.2 Å². The van der Waals surface area contributed by atoms with Gasteiger partial charge in [0, 0.05) is 12.3 Å². The van der Waals surface area contributed by atoms with E-state index in [1.54, 1.807) is 24.3 Å². The van der Waals surface area contributed by atoms with E-state index in [0.29, 0.717) is 23.6 Å². The minimum absolute atomic E-state index is 0.140. The van der Waals surface area contributed by atoms with Gasteiger partial charge in [-0.1, -0.05) is 19.1 Å². The number of aryl methyl sites for hydroxylation is 1. The molecule has 1 N–H and O–H groups in total. The standard InChI is InChI=1S/C22H25NO5/c1-2-16-5-9-18(10-6-16)23-21(24)15-28-22(25)17-7-11-19(12-8-17)27-14-20-4-3-13-26-20/h5-12,20H,2-4,13-15H2,1H3,(H,23,24)/t20-/m1/s1. The van der Waals surface area contributed by atoms with Crippen molar-refractivity contribution in [3.05, 3.63) is 59.7 Å². The molecule has 6 nitrogen and oxygen atoms in total. The first-order chi connectivity index (χ1) is 13.6. The largest absolute Gasteiger partial charge is 0.491 e. The van der Waals surface area contributed by atoms with Crippen LogP contribution in [-0.2, 0) is 20.7 Å². The summed E-state index contributed by atoms with van der Waals surface area (Å²) in [7, 11) is 0. The summed E-state index contributed by atoms with van der Waals surface area (Å²) in [5.74, 6) is -0.267. The second-order valence-electron chi connectivity index (χ2n) is 6.65. The topological polar surface area (TPSA) is 73.9 Å². The molecule has 0 aliphatic carbocycles. The molecule has 0 bridgehead atoms. The van der Waals surface area contributed by atoms with E-state index in [2.05, 4.69) is 12.2 Å². The van der Waals surface area contributed by atoms with Crippen LogP contribution in [-0.4, -0.2) is 37.8 Å². The van der Waals surface area contributed by atoms with Crippen molar-refractivity contribution in [1.82, 2.24) is 0 Å². The zero-order valence-electron chi connectivity index (χ0n) is 16.0. The summed E-state index contributed by atoms with van der Waals surface area (Å²) in [4.78, 5) is 24.0. The molecule has 148 valence electrons. The Morgan fingerprint density at radius 1 is 1.11 bits per heavy atom. The van der Waals surface area contributed by atoms with Gasteiger partial charge >= 0.3 is 5.97 Å². The molecule has 2 aromatic carbocycles. The average Bonchev–Trinajstić information content (AvgIpc) is 3.25. The summed E-state index contributed by atoms with van der Waals surface area (Å²) in [6.45, 7) is 3.01. The van der Waals surface area contributed by atoms with Crippen LogP contribution in [0.2, 0.25) is 0 Å². The summed E-state index contributed by atoms with van der Waals surface area (Å²) >= 11 is 0. The highest BCUT2D eigenvalue weighted by Crippen LogP contribution is 2.17. The number of ether oxygens (including phenoxy) is 3. The van der Waals surface area contributed by atoms with Gasteiger partial charge in [0.1, 0.15) is 12.4 Å². The third kappa shape index (κ3) is 5.82. The van der Waals surface area contributed by atoms with E-state index in [1.165, 1.54) is 5.56 Å². The third-order valence-corrected chi connectivity index (χ3v) is 4.53. The smallest absolute Gasteiger partial charge is 0.338 e. The van der Waals surface area contributed by atoms with Crippen molar-refractivity contribution in [3.63, 3.8) is 0 Å². The Morgan fingerprint density at radius 3 is 2.50 bits per heavy atom. The molecule has 0 spiro atoms. The maximum Gasteiger partial charge on any atom is 0.338 e. The maximum atomic E-state index is 12.1. The predicted molar refractivity (Wildman–Crippen MR) is 106 cm³/mol. The van der Waals surface area contributed by atoms with Gasteiger partial charge in [0.05, 0.1) is 11.7 Å². The molecule has 3 rings (SSSR count). The normalized spacial score (nSPS) is 15.8. The molecule has 1 saturated heterocycles. The molecule has 0 saturated carbocycles. The van der Waals surface area contributed by atoms with Crippen molar-refractivity contribution in [3.8, 4) is 5.75 Å². The van der Waals surface area contributed by atoms with Gasteiger partial charge in [-0.2, -0.15) is 0 Å². The molecule has 1 aliphatic rings. The van der Waals surface area contributed by atoms with Crippen molar-refractivity contribution in [2.45, 2.75) is 32.3 Å². The molecule has 0 unspecified atom stereocenters. The van der Waals surface area contributed by atoms with Crippen molar-refractivity contribution in [2.75, 3.05) is 25.1 Å². The van der Waals surface area contributed by atoms with E-state index in [4.69, 9.17) is 14.2 Å². The van der Waals surface area contributed by atoms with Gasteiger partial charge in [-0.3, -0.25) is 4.79 Å². The third-order valence-electron chi connectivity index (χ3n) is 4.53. The molecule has 28 heavy (non-hydrogen) atoms.